The average Bonchev–Trinajstić information content (AvgIpc) is 3.22. The summed E-state index contributed by atoms with van der Waals surface area (Å²) in [6.07, 6.45) is 3.96. The molecular formula is C20H17N5O2. The molecule has 2 N–H and O–H groups in total. The number of rotatable bonds is 2. The van der Waals surface area contributed by atoms with Crippen molar-refractivity contribution >= 4 is 22.7 Å². The predicted molar refractivity (Wildman–Crippen MR) is 100 cm³/mol. The Balaban J connectivity index is 1.73. The normalized spacial score (nSPS) is 16.4. The summed E-state index contributed by atoms with van der Waals surface area (Å²) in [5.41, 5.74) is 7.87. The summed E-state index contributed by atoms with van der Waals surface area (Å²) in [5.74, 6) is 5.35. The number of hydrogen-bond donors (Lipinski definition) is 1. The molecule has 1 atom stereocenters. The Hall–Kier alpha value is -3.66. The third-order valence-electron chi connectivity index (χ3n) is 4.62. The van der Waals surface area contributed by atoms with Gasteiger partial charge in [-0.15, -0.1) is 0 Å². The molecule has 0 saturated carbocycles. The summed E-state index contributed by atoms with van der Waals surface area (Å²) >= 11 is 0. The number of benzene rings is 1. The molecule has 1 aromatic carbocycles. The van der Waals surface area contributed by atoms with Crippen molar-refractivity contribution in [2.24, 2.45) is 11.7 Å². The van der Waals surface area contributed by atoms with E-state index in [0.29, 0.717) is 5.39 Å². The van der Waals surface area contributed by atoms with Gasteiger partial charge in [0.25, 0.3) is 5.91 Å². The van der Waals surface area contributed by atoms with Gasteiger partial charge >= 0.3 is 0 Å². The molecule has 3 aromatic rings. The lowest BCUT2D eigenvalue weighted by molar-refractivity contribution is -0.128. The molecule has 1 saturated heterocycles. The molecule has 134 valence electrons. The summed E-state index contributed by atoms with van der Waals surface area (Å²) in [4.78, 5) is 29.4. The van der Waals surface area contributed by atoms with Crippen LogP contribution in [-0.4, -0.2) is 45.1 Å². The lowest BCUT2D eigenvalue weighted by atomic mass is 10.1. The van der Waals surface area contributed by atoms with Crippen LogP contribution in [0.4, 0.5) is 0 Å². The third-order valence-corrected chi connectivity index (χ3v) is 4.62. The van der Waals surface area contributed by atoms with Crippen molar-refractivity contribution < 1.29 is 9.59 Å². The van der Waals surface area contributed by atoms with E-state index in [1.165, 1.54) is 0 Å². The lowest BCUT2D eigenvalue weighted by Crippen LogP contribution is -2.21. The number of hydrogen-bond acceptors (Lipinski definition) is 4. The monoisotopic (exact) mass is 359 g/mol. The van der Waals surface area contributed by atoms with E-state index >= 15 is 0 Å². The maximum absolute atomic E-state index is 12.0. The Morgan fingerprint density at radius 2 is 2.19 bits per heavy atom. The summed E-state index contributed by atoms with van der Waals surface area (Å²) in [5, 5.41) is 4.95. The van der Waals surface area contributed by atoms with Crippen molar-refractivity contribution in [3.8, 4) is 17.5 Å². The zero-order chi connectivity index (χ0) is 19.0. The summed E-state index contributed by atoms with van der Waals surface area (Å²) in [6, 6.07) is 9.26. The molecule has 1 unspecified atom stereocenters. The van der Waals surface area contributed by atoms with Crippen LogP contribution in [0.5, 0.6) is 0 Å². The third kappa shape index (κ3) is 3.02. The maximum atomic E-state index is 12.0. The van der Waals surface area contributed by atoms with E-state index < -0.39 is 5.91 Å². The Morgan fingerprint density at radius 1 is 1.33 bits per heavy atom. The van der Waals surface area contributed by atoms with Crippen LogP contribution in [0.25, 0.3) is 16.6 Å². The molecule has 7 nitrogen and oxygen atoms in total. The highest BCUT2D eigenvalue weighted by molar-refractivity contribution is 6.04. The minimum atomic E-state index is -0.605. The van der Waals surface area contributed by atoms with Crippen molar-refractivity contribution in [1.29, 1.82) is 0 Å². The summed E-state index contributed by atoms with van der Waals surface area (Å²) in [7, 11) is 1.79. The molecule has 1 fully saturated rings. The molecule has 2 aromatic heterocycles. The number of primary amides is 1. The van der Waals surface area contributed by atoms with Crippen LogP contribution in [-0.2, 0) is 4.79 Å². The van der Waals surface area contributed by atoms with Crippen molar-refractivity contribution in [3.63, 3.8) is 0 Å². The SMILES string of the molecule is CN1CCC(C#Cc2cccc(-n3nc(C(N)=O)c4cnccc43)c2)C1=O. The largest absolute Gasteiger partial charge is 0.364 e. The van der Waals surface area contributed by atoms with E-state index in [1.54, 1.807) is 35.1 Å². The average molecular weight is 359 g/mol. The molecule has 0 spiro atoms. The second-order valence-corrected chi connectivity index (χ2v) is 6.44. The molecule has 27 heavy (non-hydrogen) atoms. The van der Waals surface area contributed by atoms with Crippen LogP contribution in [0, 0.1) is 17.8 Å². The number of pyridine rings is 1. The van der Waals surface area contributed by atoms with Gasteiger partial charge in [0.15, 0.2) is 5.69 Å². The minimum absolute atomic E-state index is 0.0651. The smallest absolute Gasteiger partial charge is 0.269 e. The molecule has 0 aliphatic carbocycles. The van der Waals surface area contributed by atoms with E-state index in [4.69, 9.17) is 5.73 Å². The zero-order valence-electron chi connectivity index (χ0n) is 14.7. The van der Waals surface area contributed by atoms with Gasteiger partial charge in [-0.2, -0.15) is 5.10 Å². The van der Waals surface area contributed by atoms with Gasteiger partial charge < -0.3 is 10.6 Å². The van der Waals surface area contributed by atoms with E-state index in [1.807, 2.05) is 24.3 Å². The molecular weight excluding hydrogens is 342 g/mol. The first-order valence-electron chi connectivity index (χ1n) is 8.54. The number of nitrogens with two attached hydrogens (primary N) is 1. The van der Waals surface area contributed by atoms with Gasteiger partial charge in [-0.05, 0) is 30.7 Å². The van der Waals surface area contributed by atoms with E-state index in [-0.39, 0.29) is 17.5 Å². The van der Waals surface area contributed by atoms with Gasteiger partial charge in [-0.3, -0.25) is 14.6 Å². The summed E-state index contributed by atoms with van der Waals surface area (Å²) < 4.78 is 1.65. The standard InChI is InChI=1S/C20H17N5O2/c1-24-10-8-14(20(24)27)6-5-13-3-2-4-15(11-13)25-17-7-9-22-12-16(17)18(23-25)19(21)26/h2-4,7,9,11-12,14H,8,10H2,1H3,(H2,21,26). The van der Waals surface area contributed by atoms with Crippen molar-refractivity contribution in [2.45, 2.75) is 6.42 Å². The molecule has 0 bridgehead atoms. The van der Waals surface area contributed by atoms with E-state index in [0.717, 1.165) is 29.7 Å². The van der Waals surface area contributed by atoms with Gasteiger partial charge in [-0.25, -0.2) is 4.68 Å². The number of aromatic nitrogens is 3. The van der Waals surface area contributed by atoms with Gasteiger partial charge in [0.1, 0.15) is 5.92 Å². The highest BCUT2D eigenvalue weighted by Crippen LogP contribution is 2.22. The fourth-order valence-electron chi connectivity index (χ4n) is 3.18. The first-order valence-corrected chi connectivity index (χ1v) is 8.54. The molecule has 3 heterocycles. The number of fused-ring (bicyclic) bond motifs is 1. The first-order chi connectivity index (χ1) is 13.0. The van der Waals surface area contributed by atoms with Crippen molar-refractivity contribution in [3.05, 3.63) is 54.0 Å². The Kier molecular flexibility index (Phi) is 4.09. The van der Waals surface area contributed by atoms with E-state index in [2.05, 4.69) is 21.9 Å². The first kappa shape index (κ1) is 16.8. The van der Waals surface area contributed by atoms with Gasteiger partial charge in [0.05, 0.1) is 16.6 Å². The molecule has 1 aliphatic heterocycles. The molecule has 0 radical (unpaired) electrons. The quantitative estimate of drug-likeness (QED) is 0.699. The minimum Gasteiger partial charge on any atom is -0.364 e. The van der Waals surface area contributed by atoms with Crippen molar-refractivity contribution in [2.75, 3.05) is 13.6 Å². The molecule has 2 amide bonds. The zero-order valence-corrected chi connectivity index (χ0v) is 14.7. The fourth-order valence-corrected chi connectivity index (χ4v) is 3.18. The highest BCUT2D eigenvalue weighted by atomic mass is 16.2. The second kappa shape index (κ2) is 6.57. The highest BCUT2D eigenvalue weighted by Gasteiger charge is 2.27. The predicted octanol–water partition coefficient (Wildman–Crippen LogP) is 1.35. The molecule has 7 heteroatoms. The number of nitrogens with zero attached hydrogens (tertiary/aromatic N) is 4. The number of amides is 2. The van der Waals surface area contributed by atoms with Gasteiger partial charge in [0, 0.05) is 31.5 Å². The molecule has 4 rings (SSSR count). The Bertz CT molecular complexity index is 1120. The molecule has 1 aliphatic rings. The number of carbonyl (C=O) groups is 2. The van der Waals surface area contributed by atoms with Crippen LogP contribution in [0.15, 0.2) is 42.7 Å². The maximum Gasteiger partial charge on any atom is 0.269 e. The number of likely N-dealkylation sites (tertiary alicyclic amines) is 1. The van der Waals surface area contributed by atoms with Crippen molar-refractivity contribution in [1.82, 2.24) is 19.7 Å². The second-order valence-electron chi connectivity index (χ2n) is 6.44. The van der Waals surface area contributed by atoms with Gasteiger partial charge in [0.2, 0.25) is 5.91 Å². The van der Waals surface area contributed by atoms with E-state index in [9.17, 15) is 9.59 Å². The van der Waals surface area contributed by atoms with Crippen LogP contribution < -0.4 is 5.73 Å². The lowest BCUT2D eigenvalue weighted by Gasteiger charge is -2.05. The van der Waals surface area contributed by atoms with Crippen LogP contribution >= 0.6 is 0 Å². The van der Waals surface area contributed by atoms with Crippen LogP contribution in [0.2, 0.25) is 0 Å². The Morgan fingerprint density at radius 3 is 2.93 bits per heavy atom. The van der Waals surface area contributed by atoms with Gasteiger partial charge in [-0.1, -0.05) is 17.9 Å². The topological polar surface area (TPSA) is 94.1 Å². The number of carbonyl (C=O) groups excluding carboxylic acids is 2. The summed E-state index contributed by atoms with van der Waals surface area (Å²) in [6.45, 7) is 0.738. The van der Waals surface area contributed by atoms with Crippen LogP contribution in [0.3, 0.4) is 0 Å². The fraction of sp³-hybridized carbons (Fsp3) is 0.200. The van der Waals surface area contributed by atoms with Crippen LogP contribution in [0.1, 0.15) is 22.5 Å². The Labute approximate surface area is 155 Å².